The molecular formula is C18H20N2O5. The molecule has 0 radical (unpaired) electrons. The Morgan fingerprint density at radius 3 is 1.36 bits per heavy atom. The predicted octanol–water partition coefficient (Wildman–Crippen LogP) is 4.09. The van der Waals surface area contributed by atoms with Crippen LogP contribution in [0.2, 0.25) is 0 Å². The summed E-state index contributed by atoms with van der Waals surface area (Å²) in [7, 11) is 0. The first kappa shape index (κ1) is 18.5. The average molecular weight is 344 g/mol. The van der Waals surface area contributed by atoms with Gasteiger partial charge in [0.1, 0.15) is 0 Å². The summed E-state index contributed by atoms with van der Waals surface area (Å²) in [6, 6.07) is 13.1. The van der Waals surface area contributed by atoms with Gasteiger partial charge in [0.2, 0.25) is 0 Å². The van der Waals surface area contributed by atoms with E-state index in [2.05, 4.69) is 0 Å². The summed E-state index contributed by atoms with van der Waals surface area (Å²) in [5.41, 5.74) is 2.32. The zero-order chi connectivity index (χ0) is 18.1. The Balaban J connectivity index is 1.57. The second-order valence-corrected chi connectivity index (χ2v) is 5.67. The molecule has 0 aliphatic rings. The molecule has 0 fully saturated rings. The third-order valence-corrected chi connectivity index (χ3v) is 3.80. The van der Waals surface area contributed by atoms with E-state index >= 15 is 0 Å². The molecule has 0 aliphatic carbocycles. The average Bonchev–Trinajstić information content (AvgIpc) is 2.61. The number of nitrogens with zero attached hydrogens (tertiary/aromatic N) is 2. The Labute approximate surface area is 145 Å². The van der Waals surface area contributed by atoms with Crippen molar-refractivity contribution in [2.45, 2.75) is 25.7 Å². The smallest absolute Gasteiger partial charge is 0.269 e. The lowest BCUT2D eigenvalue weighted by molar-refractivity contribution is -0.385. The van der Waals surface area contributed by atoms with Crippen LogP contribution in [-0.2, 0) is 17.6 Å². The van der Waals surface area contributed by atoms with Gasteiger partial charge in [-0.3, -0.25) is 20.2 Å². The van der Waals surface area contributed by atoms with Crippen molar-refractivity contribution in [1.82, 2.24) is 0 Å². The van der Waals surface area contributed by atoms with E-state index in [9.17, 15) is 20.2 Å². The third-order valence-electron chi connectivity index (χ3n) is 3.80. The Morgan fingerprint density at radius 2 is 1.04 bits per heavy atom. The number of nitro groups is 2. The molecule has 7 heteroatoms. The number of hydrogen-bond acceptors (Lipinski definition) is 5. The Kier molecular flexibility index (Phi) is 7.03. The van der Waals surface area contributed by atoms with Gasteiger partial charge in [-0.1, -0.05) is 24.3 Å². The van der Waals surface area contributed by atoms with E-state index in [1.807, 2.05) is 0 Å². The van der Waals surface area contributed by atoms with E-state index in [4.69, 9.17) is 4.74 Å². The molecule has 25 heavy (non-hydrogen) atoms. The van der Waals surface area contributed by atoms with Crippen molar-refractivity contribution in [2.24, 2.45) is 0 Å². The first-order valence-electron chi connectivity index (χ1n) is 8.10. The van der Waals surface area contributed by atoms with Crippen molar-refractivity contribution in [3.05, 3.63) is 79.9 Å². The fraction of sp³-hybridized carbons (Fsp3) is 0.333. The number of hydrogen-bond donors (Lipinski definition) is 0. The van der Waals surface area contributed by atoms with Crippen molar-refractivity contribution in [2.75, 3.05) is 13.2 Å². The topological polar surface area (TPSA) is 95.5 Å². The predicted molar refractivity (Wildman–Crippen MR) is 93.7 cm³/mol. The number of rotatable bonds is 10. The molecule has 0 saturated heterocycles. The van der Waals surface area contributed by atoms with E-state index in [0.29, 0.717) is 13.2 Å². The molecule has 0 amide bonds. The normalized spacial score (nSPS) is 10.6. The van der Waals surface area contributed by atoms with Crippen molar-refractivity contribution in [3.8, 4) is 0 Å². The van der Waals surface area contributed by atoms with Crippen molar-refractivity contribution in [1.29, 1.82) is 0 Å². The Hall–Kier alpha value is -2.80. The third kappa shape index (κ3) is 6.31. The molecule has 0 aromatic heterocycles. The van der Waals surface area contributed by atoms with Gasteiger partial charge in [-0.05, 0) is 36.8 Å². The van der Waals surface area contributed by atoms with E-state index in [-0.39, 0.29) is 11.4 Å². The lowest BCUT2D eigenvalue weighted by Crippen LogP contribution is -2.00. The van der Waals surface area contributed by atoms with Gasteiger partial charge in [0.05, 0.1) is 9.85 Å². The summed E-state index contributed by atoms with van der Waals surface area (Å²) in [5.74, 6) is 0. The highest BCUT2D eigenvalue weighted by molar-refractivity contribution is 5.33. The Morgan fingerprint density at radius 1 is 0.680 bits per heavy atom. The molecule has 0 unspecified atom stereocenters. The second kappa shape index (κ2) is 9.48. The minimum absolute atomic E-state index is 0.103. The number of non-ortho nitro benzene ring substituents is 2. The molecule has 2 aromatic rings. The molecule has 0 saturated carbocycles. The minimum Gasteiger partial charge on any atom is -0.381 e. The summed E-state index contributed by atoms with van der Waals surface area (Å²) in [4.78, 5) is 20.3. The summed E-state index contributed by atoms with van der Waals surface area (Å²) in [6.45, 7) is 1.27. The van der Waals surface area contributed by atoms with Gasteiger partial charge in [0, 0.05) is 37.5 Å². The van der Waals surface area contributed by atoms with Crippen LogP contribution in [0.4, 0.5) is 11.4 Å². The summed E-state index contributed by atoms with van der Waals surface area (Å²) < 4.78 is 5.58. The van der Waals surface area contributed by atoms with Gasteiger partial charge in [-0.25, -0.2) is 0 Å². The van der Waals surface area contributed by atoms with Gasteiger partial charge in [-0.15, -0.1) is 0 Å². The summed E-state index contributed by atoms with van der Waals surface area (Å²) in [6.07, 6.45) is 3.35. The van der Waals surface area contributed by atoms with Gasteiger partial charge >= 0.3 is 0 Å². The van der Waals surface area contributed by atoms with Crippen LogP contribution >= 0.6 is 0 Å². The van der Waals surface area contributed by atoms with Crippen LogP contribution in [0, 0.1) is 20.2 Å². The number of nitro benzene ring substituents is 2. The fourth-order valence-electron chi connectivity index (χ4n) is 2.43. The highest BCUT2D eigenvalue weighted by Gasteiger charge is 2.04. The molecule has 2 rings (SSSR count). The standard InChI is InChI=1S/C18H20N2O5/c21-19(22)17-9-5-15(6-10-17)3-1-13-25-14-2-4-16-7-11-18(12-8-16)20(23)24/h5-12H,1-4,13-14H2. The van der Waals surface area contributed by atoms with Crippen LogP contribution in [0.15, 0.2) is 48.5 Å². The van der Waals surface area contributed by atoms with E-state index in [0.717, 1.165) is 36.8 Å². The van der Waals surface area contributed by atoms with Gasteiger partial charge in [0.25, 0.3) is 11.4 Å². The van der Waals surface area contributed by atoms with E-state index < -0.39 is 9.85 Å². The Bertz CT molecular complexity index is 637. The maximum absolute atomic E-state index is 10.6. The van der Waals surface area contributed by atoms with Gasteiger partial charge in [-0.2, -0.15) is 0 Å². The number of ether oxygens (including phenoxy) is 1. The lowest BCUT2D eigenvalue weighted by Gasteiger charge is -2.05. The molecule has 0 bridgehead atoms. The SMILES string of the molecule is O=[N+]([O-])c1ccc(CCCOCCCc2ccc([N+](=O)[O-])cc2)cc1. The minimum atomic E-state index is -0.405. The maximum atomic E-state index is 10.6. The maximum Gasteiger partial charge on any atom is 0.269 e. The molecule has 0 heterocycles. The summed E-state index contributed by atoms with van der Waals surface area (Å²) in [5, 5.41) is 21.2. The molecule has 7 nitrogen and oxygen atoms in total. The molecule has 0 spiro atoms. The summed E-state index contributed by atoms with van der Waals surface area (Å²) >= 11 is 0. The second-order valence-electron chi connectivity index (χ2n) is 5.67. The zero-order valence-electron chi connectivity index (χ0n) is 13.8. The molecule has 132 valence electrons. The first-order chi connectivity index (χ1) is 12.1. The van der Waals surface area contributed by atoms with Crippen LogP contribution in [0.5, 0.6) is 0 Å². The van der Waals surface area contributed by atoms with Crippen molar-refractivity contribution >= 4 is 11.4 Å². The van der Waals surface area contributed by atoms with Crippen LogP contribution in [0.1, 0.15) is 24.0 Å². The molecule has 0 aliphatic heterocycles. The van der Waals surface area contributed by atoms with Crippen LogP contribution < -0.4 is 0 Å². The van der Waals surface area contributed by atoms with Crippen LogP contribution in [0.3, 0.4) is 0 Å². The molecule has 0 N–H and O–H groups in total. The van der Waals surface area contributed by atoms with Crippen molar-refractivity contribution < 1.29 is 14.6 Å². The largest absolute Gasteiger partial charge is 0.381 e. The van der Waals surface area contributed by atoms with Crippen LogP contribution in [0.25, 0.3) is 0 Å². The van der Waals surface area contributed by atoms with E-state index in [1.165, 1.54) is 24.3 Å². The monoisotopic (exact) mass is 344 g/mol. The van der Waals surface area contributed by atoms with Gasteiger partial charge < -0.3 is 4.74 Å². The first-order valence-corrected chi connectivity index (χ1v) is 8.10. The highest BCUT2D eigenvalue weighted by atomic mass is 16.6. The lowest BCUT2D eigenvalue weighted by atomic mass is 10.1. The number of benzene rings is 2. The molecular weight excluding hydrogens is 324 g/mol. The number of aryl methyl sites for hydroxylation is 2. The van der Waals surface area contributed by atoms with E-state index in [1.54, 1.807) is 24.3 Å². The highest BCUT2D eigenvalue weighted by Crippen LogP contribution is 2.14. The zero-order valence-corrected chi connectivity index (χ0v) is 13.8. The van der Waals surface area contributed by atoms with Crippen molar-refractivity contribution in [3.63, 3.8) is 0 Å². The fourth-order valence-corrected chi connectivity index (χ4v) is 2.43. The van der Waals surface area contributed by atoms with Crippen LogP contribution in [-0.4, -0.2) is 23.1 Å². The quantitative estimate of drug-likeness (QED) is 0.367. The molecule has 2 aromatic carbocycles. The molecule has 0 atom stereocenters. The van der Waals surface area contributed by atoms with Gasteiger partial charge in [0.15, 0.2) is 0 Å².